The van der Waals surface area contributed by atoms with Crippen LogP contribution in [0.4, 0.5) is 11.4 Å². The third-order valence-corrected chi connectivity index (χ3v) is 5.75. The number of hydrogen-bond donors (Lipinski definition) is 2. The van der Waals surface area contributed by atoms with Gasteiger partial charge in [-0.25, -0.2) is 0 Å². The Morgan fingerprint density at radius 1 is 1.00 bits per heavy atom. The molecule has 1 aliphatic carbocycles. The topological polar surface area (TPSA) is 91.3 Å². The number of ether oxygens (including phenoxy) is 5. The Labute approximate surface area is 179 Å². The van der Waals surface area contributed by atoms with E-state index in [1.54, 1.807) is 21.3 Å². The second-order valence-corrected chi connectivity index (χ2v) is 7.52. The maximum absolute atomic E-state index is 10.9. The fourth-order valence-electron chi connectivity index (χ4n) is 4.31. The van der Waals surface area contributed by atoms with E-state index in [9.17, 15) is 5.11 Å². The Morgan fingerprint density at radius 2 is 1.71 bits per heavy atom. The Balaban J connectivity index is 1.71. The van der Waals surface area contributed by atoms with Crippen LogP contribution in [0.15, 0.2) is 24.3 Å². The summed E-state index contributed by atoms with van der Waals surface area (Å²) in [6.45, 7) is 0.184. The van der Waals surface area contributed by atoms with Crippen LogP contribution in [-0.4, -0.2) is 38.2 Å². The number of aliphatic hydroxyl groups excluding tert-OH is 1. The number of aliphatic hydroxyl groups is 1. The summed E-state index contributed by atoms with van der Waals surface area (Å²) in [5.74, 6) is 2.92. The highest BCUT2D eigenvalue weighted by Gasteiger charge is 2.27. The van der Waals surface area contributed by atoms with Crippen molar-refractivity contribution in [3.63, 3.8) is 0 Å². The van der Waals surface area contributed by atoms with E-state index in [4.69, 9.17) is 28.7 Å². The summed E-state index contributed by atoms with van der Waals surface area (Å²) in [6, 6.07) is 7.47. The molecule has 1 aliphatic heterocycles. The Bertz CT molecular complexity index is 1140. The van der Waals surface area contributed by atoms with Crippen molar-refractivity contribution in [3.05, 3.63) is 35.5 Å². The van der Waals surface area contributed by atoms with E-state index in [0.717, 1.165) is 46.4 Å². The van der Waals surface area contributed by atoms with Gasteiger partial charge in [0, 0.05) is 40.5 Å². The fourth-order valence-corrected chi connectivity index (χ4v) is 4.31. The molecule has 0 fully saturated rings. The van der Waals surface area contributed by atoms with Gasteiger partial charge in [0.2, 0.25) is 12.5 Å². The number of nitrogens with one attached hydrogen (secondary N) is 1. The summed E-state index contributed by atoms with van der Waals surface area (Å²) < 4.78 is 27.6. The summed E-state index contributed by atoms with van der Waals surface area (Å²) in [5.41, 5.74) is 4.01. The quantitative estimate of drug-likeness (QED) is 0.633. The fraction of sp³-hybridized carbons (Fsp3) is 0.348. The number of aromatic nitrogens is 1. The molecule has 0 amide bonds. The minimum Gasteiger partial charge on any atom is -0.493 e. The second-order valence-electron chi connectivity index (χ2n) is 7.52. The molecule has 2 aliphatic rings. The minimum atomic E-state index is -0.601. The van der Waals surface area contributed by atoms with E-state index in [-0.39, 0.29) is 6.79 Å². The largest absolute Gasteiger partial charge is 0.493 e. The molecule has 8 nitrogen and oxygen atoms in total. The molecule has 0 radical (unpaired) electrons. The van der Waals surface area contributed by atoms with Crippen LogP contribution < -0.4 is 29.0 Å². The first-order valence-corrected chi connectivity index (χ1v) is 10.1. The zero-order valence-electron chi connectivity index (χ0n) is 17.7. The highest BCUT2D eigenvalue weighted by molar-refractivity contribution is 5.98. The van der Waals surface area contributed by atoms with E-state index in [0.29, 0.717) is 35.2 Å². The van der Waals surface area contributed by atoms with Crippen molar-refractivity contribution in [2.45, 2.75) is 25.4 Å². The molecule has 2 heterocycles. The number of fused-ring (bicyclic) bond motifs is 3. The number of nitrogens with zero attached hydrogens (tertiary/aromatic N) is 1. The molecule has 162 valence electrons. The molecule has 31 heavy (non-hydrogen) atoms. The van der Waals surface area contributed by atoms with Gasteiger partial charge >= 0.3 is 0 Å². The van der Waals surface area contributed by atoms with Crippen LogP contribution in [0.1, 0.15) is 30.2 Å². The van der Waals surface area contributed by atoms with Crippen molar-refractivity contribution < 1.29 is 28.8 Å². The Kier molecular flexibility index (Phi) is 4.86. The SMILES string of the molecule is COc1cc(Nc2c3c(nc4cc5c(cc24)OCO5)CCCC3O)cc(OC)c1OC. The number of aryl methyl sites for hydroxylation is 1. The summed E-state index contributed by atoms with van der Waals surface area (Å²) in [6.07, 6.45) is 1.78. The number of anilines is 2. The van der Waals surface area contributed by atoms with Crippen LogP contribution in [0.5, 0.6) is 28.7 Å². The highest BCUT2D eigenvalue weighted by atomic mass is 16.7. The lowest BCUT2D eigenvalue weighted by molar-refractivity contribution is 0.156. The monoisotopic (exact) mass is 424 g/mol. The second kappa shape index (κ2) is 7.70. The summed E-state index contributed by atoms with van der Waals surface area (Å²) in [7, 11) is 4.73. The molecule has 0 saturated carbocycles. The van der Waals surface area contributed by atoms with Crippen molar-refractivity contribution in [1.29, 1.82) is 0 Å². The van der Waals surface area contributed by atoms with Gasteiger partial charge in [-0.15, -0.1) is 0 Å². The van der Waals surface area contributed by atoms with E-state index in [2.05, 4.69) is 5.32 Å². The average Bonchev–Trinajstić information content (AvgIpc) is 3.24. The van der Waals surface area contributed by atoms with Crippen molar-refractivity contribution in [2.24, 2.45) is 0 Å². The van der Waals surface area contributed by atoms with Gasteiger partial charge in [0.15, 0.2) is 23.0 Å². The lowest BCUT2D eigenvalue weighted by Gasteiger charge is -2.26. The van der Waals surface area contributed by atoms with Gasteiger partial charge in [-0.1, -0.05) is 0 Å². The van der Waals surface area contributed by atoms with Crippen LogP contribution in [-0.2, 0) is 6.42 Å². The number of pyridine rings is 1. The molecule has 0 spiro atoms. The molecule has 0 bridgehead atoms. The molecule has 1 atom stereocenters. The van der Waals surface area contributed by atoms with Crippen LogP contribution in [0.2, 0.25) is 0 Å². The van der Waals surface area contributed by atoms with Crippen molar-refractivity contribution in [2.75, 3.05) is 33.4 Å². The lowest BCUT2D eigenvalue weighted by Crippen LogP contribution is -2.14. The minimum absolute atomic E-state index is 0.184. The van der Waals surface area contributed by atoms with Crippen LogP contribution >= 0.6 is 0 Å². The lowest BCUT2D eigenvalue weighted by atomic mass is 9.90. The molecule has 5 rings (SSSR count). The number of hydrogen-bond acceptors (Lipinski definition) is 8. The highest BCUT2D eigenvalue weighted by Crippen LogP contribution is 2.46. The first-order valence-electron chi connectivity index (χ1n) is 10.1. The summed E-state index contributed by atoms with van der Waals surface area (Å²) in [5, 5.41) is 15.2. The molecule has 1 unspecified atom stereocenters. The van der Waals surface area contributed by atoms with Gasteiger partial charge in [0.05, 0.1) is 38.6 Å². The molecule has 1 aromatic heterocycles. The van der Waals surface area contributed by atoms with Gasteiger partial charge in [-0.2, -0.15) is 0 Å². The van der Waals surface area contributed by atoms with Gasteiger partial charge < -0.3 is 34.1 Å². The van der Waals surface area contributed by atoms with E-state index < -0.39 is 6.10 Å². The van der Waals surface area contributed by atoms with Gasteiger partial charge in [0.25, 0.3) is 0 Å². The predicted octanol–water partition coefficient (Wildman–Crippen LogP) is 4.10. The summed E-state index contributed by atoms with van der Waals surface area (Å²) >= 11 is 0. The summed E-state index contributed by atoms with van der Waals surface area (Å²) in [4.78, 5) is 4.84. The van der Waals surface area contributed by atoms with Crippen molar-refractivity contribution in [1.82, 2.24) is 4.98 Å². The normalized spacial score (nSPS) is 16.7. The Morgan fingerprint density at radius 3 is 2.39 bits per heavy atom. The third kappa shape index (κ3) is 3.23. The molecular formula is C23H24N2O6. The number of benzene rings is 2. The average molecular weight is 424 g/mol. The van der Waals surface area contributed by atoms with Gasteiger partial charge in [-0.05, 0) is 25.3 Å². The van der Waals surface area contributed by atoms with Gasteiger partial charge in [0.1, 0.15) is 0 Å². The zero-order valence-corrected chi connectivity index (χ0v) is 17.7. The first-order chi connectivity index (χ1) is 15.1. The van der Waals surface area contributed by atoms with E-state index >= 15 is 0 Å². The van der Waals surface area contributed by atoms with Crippen LogP contribution in [0, 0.1) is 0 Å². The molecule has 2 N–H and O–H groups in total. The van der Waals surface area contributed by atoms with E-state index in [1.165, 1.54) is 0 Å². The predicted molar refractivity (Wildman–Crippen MR) is 115 cm³/mol. The zero-order chi connectivity index (χ0) is 21.5. The first kappa shape index (κ1) is 19.6. The molecule has 2 aromatic carbocycles. The molecular weight excluding hydrogens is 400 g/mol. The van der Waals surface area contributed by atoms with Crippen LogP contribution in [0.3, 0.4) is 0 Å². The van der Waals surface area contributed by atoms with Crippen molar-refractivity contribution >= 4 is 22.3 Å². The van der Waals surface area contributed by atoms with Crippen molar-refractivity contribution in [3.8, 4) is 28.7 Å². The van der Waals surface area contributed by atoms with Gasteiger partial charge in [-0.3, -0.25) is 4.98 Å². The number of methoxy groups -OCH3 is 3. The molecule has 3 aromatic rings. The van der Waals surface area contributed by atoms with E-state index in [1.807, 2.05) is 24.3 Å². The Hall–Kier alpha value is -3.39. The third-order valence-electron chi connectivity index (χ3n) is 5.75. The number of rotatable bonds is 5. The van der Waals surface area contributed by atoms with Crippen LogP contribution in [0.25, 0.3) is 10.9 Å². The maximum atomic E-state index is 10.9. The smallest absolute Gasteiger partial charge is 0.231 e. The molecule has 0 saturated heterocycles. The maximum Gasteiger partial charge on any atom is 0.231 e. The standard InChI is InChI=1S/C23H24N2O6/c1-27-19-7-12(8-20(28-2)23(19)29-3)24-22-13-9-17-18(31-11-30-17)10-15(13)25-14-5-4-6-16(26)21(14)22/h7-10,16,26H,4-6,11H2,1-3H3,(H,24,25). The molecule has 8 heteroatoms.